The summed E-state index contributed by atoms with van der Waals surface area (Å²) in [5.74, 6) is 1.08. The first-order valence-corrected chi connectivity index (χ1v) is 7.76. The van der Waals surface area contributed by atoms with E-state index in [1.165, 1.54) is 51.6 Å². The highest BCUT2D eigenvalue weighted by atomic mass is 16.2. The second-order valence-electron chi connectivity index (χ2n) is 6.09. The van der Waals surface area contributed by atoms with Gasteiger partial charge >= 0.3 is 0 Å². The van der Waals surface area contributed by atoms with E-state index >= 15 is 0 Å². The third kappa shape index (κ3) is 4.27. The van der Waals surface area contributed by atoms with Crippen LogP contribution in [0.1, 0.15) is 51.9 Å². The van der Waals surface area contributed by atoms with Crippen LogP contribution in [0.4, 0.5) is 0 Å². The van der Waals surface area contributed by atoms with Crippen molar-refractivity contribution in [3.63, 3.8) is 0 Å². The first kappa shape index (κ1) is 13.9. The van der Waals surface area contributed by atoms with Gasteiger partial charge in [-0.05, 0) is 44.7 Å². The maximum Gasteiger partial charge on any atom is 0.223 e. The van der Waals surface area contributed by atoms with E-state index in [1.807, 2.05) is 0 Å². The van der Waals surface area contributed by atoms with Gasteiger partial charge in [0.25, 0.3) is 0 Å². The van der Waals surface area contributed by atoms with Crippen molar-refractivity contribution in [3.05, 3.63) is 0 Å². The van der Waals surface area contributed by atoms with Crippen molar-refractivity contribution in [2.45, 2.75) is 51.9 Å². The molecule has 1 atom stereocenters. The first-order valence-electron chi connectivity index (χ1n) is 7.76. The largest absolute Gasteiger partial charge is 0.342 e. The summed E-state index contributed by atoms with van der Waals surface area (Å²) < 4.78 is 0. The summed E-state index contributed by atoms with van der Waals surface area (Å²) in [6.07, 6.45) is 8.57. The number of nitrogens with zero attached hydrogens (tertiary/aromatic N) is 2. The normalized spacial score (nSPS) is 26.9. The van der Waals surface area contributed by atoms with Gasteiger partial charge in [0.1, 0.15) is 0 Å². The maximum absolute atomic E-state index is 12.2. The van der Waals surface area contributed by atoms with Crippen LogP contribution in [-0.2, 0) is 4.79 Å². The highest BCUT2D eigenvalue weighted by molar-refractivity contribution is 5.76. The Morgan fingerprint density at radius 2 is 1.78 bits per heavy atom. The van der Waals surface area contributed by atoms with Gasteiger partial charge in [-0.1, -0.05) is 19.8 Å². The maximum atomic E-state index is 12.2. The predicted octanol–water partition coefficient (Wildman–Crippen LogP) is 2.51. The van der Waals surface area contributed by atoms with Crippen molar-refractivity contribution in [3.8, 4) is 0 Å². The molecule has 1 unspecified atom stereocenters. The molecule has 0 radical (unpaired) electrons. The summed E-state index contributed by atoms with van der Waals surface area (Å²) in [5, 5.41) is 0. The molecule has 2 rings (SSSR count). The lowest BCUT2D eigenvalue weighted by Crippen LogP contribution is -2.40. The molecule has 0 aromatic carbocycles. The Balaban J connectivity index is 1.70. The van der Waals surface area contributed by atoms with Crippen molar-refractivity contribution in [1.82, 2.24) is 9.80 Å². The quantitative estimate of drug-likeness (QED) is 0.770. The Morgan fingerprint density at radius 1 is 1.06 bits per heavy atom. The molecular formula is C15H28N2O. The fourth-order valence-corrected chi connectivity index (χ4v) is 3.19. The highest BCUT2D eigenvalue weighted by Gasteiger charge is 2.21. The lowest BCUT2D eigenvalue weighted by molar-refractivity contribution is -0.133. The fourth-order valence-electron chi connectivity index (χ4n) is 3.19. The number of hydrogen-bond acceptors (Lipinski definition) is 2. The van der Waals surface area contributed by atoms with Crippen LogP contribution in [0.2, 0.25) is 0 Å². The first-order chi connectivity index (χ1) is 8.75. The van der Waals surface area contributed by atoms with Crippen LogP contribution >= 0.6 is 0 Å². The zero-order valence-corrected chi connectivity index (χ0v) is 11.9. The molecule has 18 heavy (non-hydrogen) atoms. The molecule has 2 heterocycles. The minimum absolute atomic E-state index is 0.380. The number of piperidine rings is 1. The van der Waals surface area contributed by atoms with E-state index in [2.05, 4.69) is 16.7 Å². The topological polar surface area (TPSA) is 23.6 Å². The van der Waals surface area contributed by atoms with E-state index in [0.29, 0.717) is 11.8 Å². The van der Waals surface area contributed by atoms with Crippen LogP contribution in [0, 0.1) is 5.92 Å². The standard InChI is InChI=1S/C15H28N2O/c1-14-7-6-11-17(13-14)15(18)8-12-16-9-4-2-3-5-10-16/h14H,2-13H2,1H3. The van der Waals surface area contributed by atoms with Crippen molar-refractivity contribution in [1.29, 1.82) is 0 Å². The summed E-state index contributed by atoms with van der Waals surface area (Å²) >= 11 is 0. The van der Waals surface area contributed by atoms with Crippen molar-refractivity contribution < 1.29 is 4.79 Å². The van der Waals surface area contributed by atoms with Crippen LogP contribution in [-0.4, -0.2) is 48.4 Å². The second kappa shape index (κ2) is 7.13. The smallest absolute Gasteiger partial charge is 0.223 e. The Morgan fingerprint density at radius 3 is 2.44 bits per heavy atom. The number of carbonyl (C=O) groups excluding carboxylic acids is 1. The molecule has 2 saturated heterocycles. The lowest BCUT2D eigenvalue weighted by atomic mass is 10.00. The van der Waals surface area contributed by atoms with Gasteiger partial charge in [0, 0.05) is 26.1 Å². The molecule has 0 saturated carbocycles. The van der Waals surface area contributed by atoms with Gasteiger partial charge in [0.2, 0.25) is 5.91 Å². The monoisotopic (exact) mass is 252 g/mol. The fraction of sp³-hybridized carbons (Fsp3) is 0.933. The van der Waals surface area contributed by atoms with Crippen LogP contribution in [0.15, 0.2) is 0 Å². The van der Waals surface area contributed by atoms with E-state index in [1.54, 1.807) is 0 Å². The van der Waals surface area contributed by atoms with Crippen molar-refractivity contribution in [2.24, 2.45) is 5.92 Å². The van der Waals surface area contributed by atoms with Crippen LogP contribution in [0.25, 0.3) is 0 Å². The molecule has 3 nitrogen and oxygen atoms in total. The number of amides is 1. The third-order valence-corrected chi connectivity index (χ3v) is 4.35. The molecule has 0 spiro atoms. The van der Waals surface area contributed by atoms with Gasteiger partial charge in [-0.3, -0.25) is 4.79 Å². The third-order valence-electron chi connectivity index (χ3n) is 4.35. The van der Waals surface area contributed by atoms with Gasteiger partial charge in [0.05, 0.1) is 0 Å². The molecule has 104 valence electrons. The van der Waals surface area contributed by atoms with E-state index in [9.17, 15) is 4.79 Å². The van der Waals surface area contributed by atoms with E-state index in [4.69, 9.17) is 0 Å². The van der Waals surface area contributed by atoms with E-state index in [0.717, 1.165) is 26.1 Å². The van der Waals surface area contributed by atoms with E-state index < -0.39 is 0 Å². The summed E-state index contributed by atoms with van der Waals surface area (Å²) in [5.41, 5.74) is 0. The number of hydrogen-bond donors (Lipinski definition) is 0. The van der Waals surface area contributed by atoms with Crippen LogP contribution < -0.4 is 0 Å². The second-order valence-corrected chi connectivity index (χ2v) is 6.09. The summed E-state index contributed by atoms with van der Waals surface area (Å²) in [6.45, 7) is 7.60. The molecule has 0 aromatic heterocycles. The minimum Gasteiger partial charge on any atom is -0.342 e. The van der Waals surface area contributed by atoms with Crippen LogP contribution in [0.5, 0.6) is 0 Å². The average molecular weight is 252 g/mol. The number of carbonyl (C=O) groups is 1. The molecule has 0 aliphatic carbocycles. The van der Waals surface area contributed by atoms with Crippen molar-refractivity contribution in [2.75, 3.05) is 32.7 Å². The summed E-state index contributed by atoms with van der Waals surface area (Å²) in [4.78, 5) is 16.7. The zero-order chi connectivity index (χ0) is 12.8. The molecule has 1 amide bonds. The number of likely N-dealkylation sites (tertiary alicyclic amines) is 2. The molecule has 0 aromatic rings. The Kier molecular flexibility index (Phi) is 5.48. The molecule has 0 bridgehead atoms. The highest BCUT2D eigenvalue weighted by Crippen LogP contribution is 2.16. The molecule has 2 aliphatic heterocycles. The Bertz CT molecular complexity index is 259. The van der Waals surface area contributed by atoms with Gasteiger partial charge in [0.15, 0.2) is 0 Å². The zero-order valence-electron chi connectivity index (χ0n) is 11.9. The summed E-state index contributed by atoms with van der Waals surface area (Å²) in [6, 6.07) is 0. The van der Waals surface area contributed by atoms with E-state index in [-0.39, 0.29) is 0 Å². The van der Waals surface area contributed by atoms with Gasteiger partial charge in [-0.25, -0.2) is 0 Å². The molecule has 2 fully saturated rings. The van der Waals surface area contributed by atoms with Crippen molar-refractivity contribution >= 4 is 5.91 Å². The molecule has 0 N–H and O–H groups in total. The minimum atomic E-state index is 0.380. The predicted molar refractivity (Wildman–Crippen MR) is 74.5 cm³/mol. The molecule has 3 heteroatoms. The van der Waals surface area contributed by atoms with Crippen LogP contribution in [0.3, 0.4) is 0 Å². The Labute approximate surface area is 112 Å². The molecular weight excluding hydrogens is 224 g/mol. The van der Waals surface area contributed by atoms with Gasteiger partial charge < -0.3 is 9.80 Å². The van der Waals surface area contributed by atoms with Gasteiger partial charge in [-0.2, -0.15) is 0 Å². The average Bonchev–Trinajstić information content (AvgIpc) is 2.64. The molecule has 2 aliphatic rings. The van der Waals surface area contributed by atoms with Gasteiger partial charge in [-0.15, -0.1) is 0 Å². The summed E-state index contributed by atoms with van der Waals surface area (Å²) in [7, 11) is 0. The number of rotatable bonds is 3. The SMILES string of the molecule is CC1CCCN(C(=O)CCN2CCCCCC2)C1. The lowest BCUT2D eigenvalue weighted by Gasteiger charge is -2.31. The Hall–Kier alpha value is -0.570.